The summed E-state index contributed by atoms with van der Waals surface area (Å²) in [5.41, 5.74) is 0. The van der Waals surface area contributed by atoms with E-state index in [0.717, 1.165) is 0 Å². The molecule has 0 aliphatic rings. The van der Waals surface area contributed by atoms with Gasteiger partial charge in [0.2, 0.25) is 11.6 Å². The van der Waals surface area contributed by atoms with Gasteiger partial charge in [0.15, 0.2) is 0 Å². The Bertz CT molecular complexity index is 130. The molecule has 0 spiro atoms. The van der Waals surface area contributed by atoms with Crippen LogP contribution in [0, 0.1) is 0 Å². The van der Waals surface area contributed by atoms with Crippen LogP contribution in [0.3, 0.4) is 0 Å². The van der Waals surface area contributed by atoms with E-state index in [0.29, 0.717) is 0 Å². The normalized spacial score (nSPS) is 16.0. The Morgan fingerprint density at radius 1 is 1.00 bits per heavy atom. The van der Waals surface area contributed by atoms with Gasteiger partial charge in [0.25, 0.3) is 0 Å². The number of carbonyl (C=O) groups is 2. The molecular weight excluding hydrogens is 136 g/mol. The number of carbonyl (C=O) groups excluding carboxylic acids is 2. The van der Waals surface area contributed by atoms with E-state index in [9.17, 15) is 9.59 Å². The molecule has 0 fully saturated rings. The second kappa shape index (κ2) is 3.43. The lowest BCUT2D eigenvalue weighted by Crippen LogP contribution is -2.32. The molecule has 0 radical (unpaired) electrons. The van der Waals surface area contributed by atoms with Crippen molar-refractivity contribution in [3.8, 4) is 0 Å². The molecule has 0 saturated heterocycles. The molecule has 0 heterocycles. The highest BCUT2D eigenvalue weighted by atomic mass is 16.3. The first kappa shape index (κ1) is 9.26. The van der Waals surface area contributed by atoms with E-state index < -0.39 is 23.8 Å². The van der Waals surface area contributed by atoms with E-state index in [1.165, 1.54) is 13.8 Å². The third-order valence-electron chi connectivity index (χ3n) is 1.00. The Morgan fingerprint density at radius 3 is 1.30 bits per heavy atom. The molecule has 1 unspecified atom stereocenters. The standard InChI is InChI=1S/C6H10O4/c1-3(7)5(9)6(10)4(2)8/h3-4,7-8H,1-2H3/t3-,4?/m0/s1. The molecule has 0 bridgehead atoms. The average molecular weight is 146 g/mol. The van der Waals surface area contributed by atoms with Crippen molar-refractivity contribution < 1.29 is 19.8 Å². The molecule has 0 aliphatic carbocycles. The van der Waals surface area contributed by atoms with Crippen LogP contribution >= 0.6 is 0 Å². The van der Waals surface area contributed by atoms with E-state index >= 15 is 0 Å². The fraction of sp³-hybridized carbons (Fsp3) is 0.667. The lowest BCUT2D eigenvalue weighted by Gasteiger charge is -2.03. The maximum Gasteiger partial charge on any atom is 0.229 e. The van der Waals surface area contributed by atoms with Crippen LogP contribution in [-0.2, 0) is 9.59 Å². The molecule has 4 heteroatoms. The molecule has 0 aromatic carbocycles. The van der Waals surface area contributed by atoms with Gasteiger partial charge in [-0.3, -0.25) is 9.59 Å². The summed E-state index contributed by atoms with van der Waals surface area (Å²) in [5, 5.41) is 17.1. The Kier molecular flexibility index (Phi) is 3.18. The van der Waals surface area contributed by atoms with Gasteiger partial charge in [-0.2, -0.15) is 0 Å². The first-order valence-electron chi connectivity index (χ1n) is 2.91. The molecule has 2 atom stereocenters. The lowest BCUT2D eigenvalue weighted by molar-refractivity contribution is -0.145. The van der Waals surface area contributed by atoms with Gasteiger partial charge in [-0.25, -0.2) is 0 Å². The van der Waals surface area contributed by atoms with Crippen LogP contribution in [0.1, 0.15) is 13.8 Å². The van der Waals surface area contributed by atoms with Crippen molar-refractivity contribution >= 4 is 11.6 Å². The number of aliphatic hydroxyl groups is 2. The number of Topliss-reactive ketones (excluding diaryl/α,β-unsaturated/α-hetero) is 2. The van der Waals surface area contributed by atoms with Crippen molar-refractivity contribution in [2.45, 2.75) is 26.1 Å². The molecule has 4 nitrogen and oxygen atoms in total. The van der Waals surface area contributed by atoms with Gasteiger partial charge < -0.3 is 10.2 Å². The van der Waals surface area contributed by atoms with E-state index in [1.54, 1.807) is 0 Å². The number of hydrogen-bond donors (Lipinski definition) is 2. The first-order chi connectivity index (χ1) is 4.46. The van der Waals surface area contributed by atoms with Crippen molar-refractivity contribution in [1.29, 1.82) is 0 Å². The van der Waals surface area contributed by atoms with Crippen LogP contribution in [0.4, 0.5) is 0 Å². The van der Waals surface area contributed by atoms with Crippen LogP contribution in [-0.4, -0.2) is 34.0 Å². The quantitative estimate of drug-likeness (QED) is 0.495. The SMILES string of the molecule is CC(O)C(=O)C(=O)[C@H](C)O. The number of aliphatic hydroxyl groups excluding tert-OH is 2. The summed E-state index contributed by atoms with van der Waals surface area (Å²) in [6, 6.07) is 0. The summed E-state index contributed by atoms with van der Waals surface area (Å²) in [6.45, 7) is 2.37. The highest BCUT2D eigenvalue weighted by Gasteiger charge is 2.22. The summed E-state index contributed by atoms with van der Waals surface area (Å²) >= 11 is 0. The zero-order chi connectivity index (χ0) is 8.31. The third kappa shape index (κ3) is 2.24. The highest BCUT2D eigenvalue weighted by Crippen LogP contribution is 1.90. The monoisotopic (exact) mass is 146 g/mol. The zero-order valence-corrected chi connectivity index (χ0v) is 5.87. The average Bonchev–Trinajstić information content (AvgIpc) is 1.84. The zero-order valence-electron chi connectivity index (χ0n) is 5.87. The van der Waals surface area contributed by atoms with Gasteiger partial charge >= 0.3 is 0 Å². The van der Waals surface area contributed by atoms with Gasteiger partial charge in [0, 0.05) is 0 Å². The Labute approximate surface area is 58.5 Å². The van der Waals surface area contributed by atoms with E-state index in [2.05, 4.69) is 0 Å². The molecule has 10 heavy (non-hydrogen) atoms. The minimum Gasteiger partial charge on any atom is -0.385 e. The largest absolute Gasteiger partial charge is 0.385 e. The lowest BCUT2D eigenvalue weighted by atomic mass is 10.1. The maximum absolute atomic E-state index is 10.5. The summed E-state index contributed by atoms with van der Waals surface area (Å²) in [6.07, 6.45) is -2.64. The van der Waals surface area contributed by atoms with Crippen molar-refractivity contribution in [2.24, 2.45) is 0 Å². The second-order valence-corrected chi connectivity index (χ2v) is 2.08. The highest BCUT2D eigenvalue weighted by molar-refractivity contribution is 6.40. The summed E-state index contributed by atoms with van der Waals surface area (Å²) < 4.78 is 0. The van der Waals surface area contributed by atoms with Crippen molar-refractivity contribution in [1.82, 2.24) is 0 Å². The molecule has 0 saturated carbocycles. The van der Waals surface area contributed by atoms with Gasteiger partial charge in [-0.05, 0) is 13.8 Å². The van der Waals surface area contributed by atoms with Crippen LogP contribution in [0.25, 0.3) is 0 Å². The summed E-state index contributed by atoms with van der Waals surface area (Å²) in [7, 11) is 0. The topological polar surface area (TPSA) is 74.6 Å². The van der Waals surface area contributed by atoms with Crippen molar-refractivity contribution in [3.05, 3.63) is 0 Å². The van der Waals surface area contributed by atoms with Crippen LogP contribution in [0.2, 0.25) is 0 Å². The predicted octanol–water partition coefficient (Wildman–Crippen LogP) is -1.11. The number of ketones is 2. The third-order valence-corrected chi connectivity index (χ3v) is 1.00. The minimum absolute atomic E-state index is 0.949. The fourth-order valence-electron chi connectivity index (χ4n) is 0.412. The van der Waals surface area contributed by atoms with Crippen molar-refractivity contribution in [3.63, 3.8) is 0 Å². The van der Waals surface area contributed by atoms with Crippen LogP contribution in [0.5, 0.6) is 0 Å². The Hall–Kier alpha value is -0.740. The van der Waals surface area contributed by atoms with Gasteiger partial charge in [0.1, 0.15) is 12.2 Å². The Morgan fingerprint density at radius 2 is 1.20 bits per heavy atom. The van der Waals surface area contributed by atoms with Crippen molar-refractivity contribution in [2.75, 3.05) is 0 Å². The van der Waals surface area contributed by atoms with E-state index in [4.69, 9.17) is 10.2 Å². The van der Waals surface area contributed by atoms with Gasteiger partial charge in [0.05, 0.1) is 0 Å². The molecule has 0 aromatic heterocycles. The van der Waals surface area contributed by atoms with Crippen LogP contribution < -0.4 is 0 Å². The number of hydrogen-bond acceptors (Lipinski definition) is 4. The molecule has 0 amide bonds. The van der Waals surface area contributed by atoms with E-state index in [-0.39, 0.29) is 0 Å². The molecule has 0 aliphatic heterocycles. The predicted molar refractivity (Wildman–Crippen MR) is 33.4 cm³/mol. The number of rotatable bonds is 3. The fourth-order valence-corrected chi connectivity index (χ4v) is 0.412. The smallest absolute Gasteiger partial charge is 0.229 e. The summed E-state index contributed by atoms with van der Waals surface area (Å²) in [4.78, 5) is 21.0. The maximum atomic E-state index is 10.5. The van der Waals surface area contributed by atoms with Gasteiger partial charge in [-0.1, -0.05) is 0 Å². The van der Waals surface area contributed by atoms with Crippen LogP contribution in [0.15, 0.2) is 0 Å². The minimum atomic E-state index is -1.32. The Balaban J connectivity index is 4.10. The van der Waals surface area contributed by atoms with E-state index in [1.807, 2.05) is 0 Å². The molecule has 0 aromatic rings. The first-order valence-corrected chi connectivity index (χ1v) is 2.91. The second-order valence-electron chi connectivity index (χ2n) is 2.08. The van der Waals surface area contributed by atoms with Gasteiger partial charge in [-0.15, -0.1) is 0 Å². The molecular formula is C6H10O4. The summed E-state index contributed by atoms with van der Waals surface area (Å²) in [5.74, 6) is -1.90. The molecule has 0 rings (SSSR count). The molecule has 58 valence electrons. The molecule has 2 N–H and O–H groups in total.